The smallest absolute Gasteiger partial charge is 0.388 e. The van der Waals surface area contributed by atoms with E-state index in [2.05, 4.69) is 49.4 Å². The van der Waals surface area contributed by atoms with E-state index in [1.165, 1.54) is 37.9 Å². The highest BCUT2D eigenvalue weighted by molar-refractivity contribution is 5.51. The number of alkyl halides is 2. The number of hydrogen-bond acceptors (Lipinski definition) is 6. The van der Waals surface area contributed by atoms with Crippen LogP contribution in [-0.4, -0.2) is 38.9 Å². The number of aromatic amines is 2. The zero-order valence-electron chi connectivity index (χ0n) is 14.8. The zero-order valence-corrected chi connectivity index (χ0v) is 14.8. The standard InChI is InChI=1S/C8H7F2N5O2.C8H17N/c9-8(10)17-7-1-4(14-15-7)12-5-2-11-3-6(16)13-5;1-3-8-6-4-5-7(2)9-8/h1-3,8H,(H3,12,13,14,15,16);7-9H,3-6H2,1-2H3/t;7?,8-/m.1/s1. The lowest BCUT2D eigenvalue weighted by molar-refractivity contribution is -0.0528. The van der Waals surface area contributed by atoms with Crippen LogP contribution in [0.4, 0.5) is 20.4 Å². The van der Waals surface area contributed by atoms with Crippen molar-refractivity contribution in [1.29, 1.82) is 0 Å². The van der Waals surface area contributed by atoms with Gasteiger partial charge >= 0.3 is 6.61 Å². The van der Waals surface area contributed by atoms with E-state index in [4.69, 9.17) is 0 Å². The highest BCUT2D eigenvalue weighted by Gasteiger charge is 2.14. The summed E-state index contributed by atoms with van der Waals surface area (Å²) in [6, 6.07) is 2.80. The Balaban J connectivity index is 0.000000228. The monoisotopic (exact) mass is 370 g/mol. The highest BCUT2D eigenvalue weighted by Crippen LogP contribution is 2.17. The first-order chi connectivity index (χ1) is 12.5. The van der Waals surface area contributed by atoms with Crippen LogP contribution in [0.5, 0.6) is 5.88 Å². The number of ether oxygens (including phenoxy) is 1. The molecule has 0 saturated carbocycles. The summed E-state index contributed by atoms with van der Waals surface area (Å²) < 4.78 is 27.8. The number of nitrogens with zero attached hydrogens (tertiary/aromatic N) is 2. The van der Waals surface area contributed by atoms with Crippen molar-refractivity contribution >= 4 is 11.6 Å². The van der Waals surface area contributed by atoms with Gasteiger partial charge in [0, 0.05) is 18.2 Å². The molecule has 2 atom stereocenters. The number of rotatable bonds is 5. The molecule has 4 N–H and O–H groups in total. The van der Waals surface area contributed by atoms with Gasteiger partial charge < -0.3 is 20.4 Å². The summed E-state index contributed by atoms with van der Waals surface area (Å²) in [5.41, 5.74) is -0.390. The molecule has 1 fully saturated rings. The lowest BCUT2D eigenvalue weighted by Gasteiger charge is -2.27. The van der Waals surface area contributed by atoms with Crippen molar-refractivity contribution in [2.45, 2.75) is 58.2 Å². The fraction of sp³-hybridized carbons (Fsp3) is 0.562. The van der Waals surface area contributed by atoms with Crippen LogP contribution >= 0.6 is 0 Å². The van der Waals surface area contributed by atoms with Gasteiger partial charge in [-0.25, -0.2) is 0 Å². The van der Waals surface area contributed by atoms with Crippen molar-refractivity contribution in [2.24, 2.45) is 0 Å². The lowest BCUT2D eigenvalue weighted by atomic mass is 9.98. The molecule has 3 rings (SSSR count). The lowest BCUT2D eigenvalue weighted by Crippen LogP contribution is -2.39. The first-order valence-corrected chi connectivity index (χ1v) is 8.54. The maximum Gasteiger partial charge on any atom is 0.388 e. The van der Waals surface area contributed by atoms with Crippen LogP contribution in [0.25, 0.3) is 0 Å². The van der Waals surface area contributed by atoms with Crippen LogP contribution in [0.15, 0.2) is 23.3 Å². The maximum atomic E-state index is 11.9. The molecule has 0 amide bonds. The van der Waals surface area contributed by atoms with Crippen molar-refractivity contribution < 1.29 is 13.5 Å². The maximum absolute atomic E-state index is 11.9. The summed E-state index contributed by atoms with van der Waals surface area (Å²) in [6.07, 6.45) is 7.94. The third kappa shape index (κ3) is 6.79. The molecule has 0 aliphatic carbocycles. The Morgan fingerprint density at radius 2 is 2.15 bits per heavy atom. The van der Waals surface area contributed by atoms with Crippen molar-refractivity contribution in [3.05, 3.63) is 28.8 Å². The van der Waals surface area contributed by atoms with Crippen molar-refractivity contribution in [2.75, 3.05) is 5.32 Å². The largest absolute Gasteiger partial charge is 0.415 e. The van der Waals surface area contributed by atoms with E-state index in [0.717, 1.165) is 18.3 Å². The highest BCUT2D eigenvalue weighted by atomic mass is 19.3. The van der Waals surface area contributed by atoms with Crippen LogP contribution in [0.1, 0.15) is 39.5 Å². The second kappa shape index (κ2) is 9.85. The fourth-order valence-corrected chi connectivity index (χ4v) is 2.67. The van der Waals surface area contributed by atoms with E-state index in [1.807, 2.05) is 0 Å². The van der Waals surface area contributed by atoms with Gasteiger partial charge in [0.25, 0.3) is 5.56 Å². The molecule has 26 heavy (non-hydrogen) atoms. The third-order valence-electron chi connectivity index (χ3n) is 3.89. The summed E-state index contributed by atoms with van der Waals surface area (Å²) in [6.45, 7) is 1.60. The van der Waals surface area contributed by atoms with Crippen LogP contribution in [0, 0.1) is 0 Å². The Bertz CT molecular complexity index is 721. The van der Waals surface area contributed by atoms with Gasteiger partial charge in [0.15, 0.2) is 0 Å². The minimum absolute atomic E-state index is 0.256. The predicted molar refractivity (Wildman–Crippen MR) is 93.9 cm³/mol. The number of anilines is 2. The molecule has 1 saturated heterocycles. The molecular weight excluding hydrogens is 346 g/mol. The van der Waals surface area contributed by atoms with Crippen LogP contribution in [0.2, 0.25) is 0 Å². The second-order valence-electron chi connectivity index (χ2n) is 6.04. The van der Waals surface area contributed by atoms with Gasteiger partial charge in [-0.1, -0.05) is 13.3 Å². The van der Waals surface area contributed by atoms with E-state index >= 15 is 0 Å². The molecule has 1 aliphatic heterocycles. The second-order valence-corrected chi connectivity index (χ2v) is 6.04. The fourth-order valence-electron chi connectivity index (χ4n) is 2.67. The molecule has 2 aromatic rings. The number of aromatic nitrogens is 4. The molecule has 0 spiro atoms. The molecule has 8 nitrogen and oxygen atoms in total. The summed E-state index contributed by atoms with van der Waals surface area (Å²) in [7, 11) is 0. The molecule has 1 aliphatic rings. The molecule has 0 bridgehead atoms. The summed E-state index contributed by atoms with van der Waals surface area (Å²) in [5.74, 6) is 0.322. The molecule has 0 radical (unpaired) electrons. The van der Waals surface area contributed by atoms with Gasteiger partial charge in [-0.3, -0.25) is 14.9 Å². The van der Waals surface area contributed by atoms with E-state index in [9.17, 15) is 13.6 Å². The van der Waals surface area contributed by atoms with Crippen molar-refractivity contribution in [1.82, 2.24) is 25.5 Å². The minimum atomic E-state index is -2.94. The van der Waals surface area contributed by atoms with E-state index in [1.54, 1.807) is 0 Å². The van der Waals surface area contributed by atoms with Gasteiger partial charge in [0.2, 0.25) is 5.88 Å². The molecular formula is C16H24F2N6O2. The topological polar surface area (TPSA) is 108 Å². The van der Waals surface area contributed by atoms with Crippen molar-refractivity contribution in [3.8, 4) is 5.88 Å². The number of H-pyrrole nitrogens is 2. The molecule has 1 unspecified atom stereocenters. The molecule has 2 aromatic heterocycles. The third-order valence-corrected chi connectivity index (χ3v) is 3.89. The Morgan fingerprint density at radius 1 is 1.35 bits per heavy atom. The number of hydrogen-bond donors (Lipinski definition) is 4. The average Bonchev–Trinajstić information content (AvgIpc) is 3.01. The molecule has 0 aromatic carbocycles. The number of piperidine rings is 1. The van der Waals surface area contributed by atoms with E-state index in [0.29, 0.717) is 5.82 Å². The average molecular weight is 370 g/mol. The summed E-state index contributed by atoms with van der Waals surface area (Å²) in [4.78, 5) is 17.0. The zero-order chi connectivity index (χ0) is 18.9. The quantitative estimate of drug-likeness (QED) is 0.645. The Hall–Kier alpha value is -2.49. The minimum Gasteiger partial charge on any atom is -0.415 e. The van der Waals surface area contributed by atoms with Crippen molar-refractivity contribution in [3.63, 3.8) is 0 Å². The SMILES string of the molecule is CC[C@@H]1CCCC(C)N1.O=c1cncc(Nc2cc(OC(F)F)n[nH]2)[nH]1. The van der Waals surface area contributed by atoms with Gasteiger partial charge in [0.05, 0.1) is 12.4 Å². The normalized spacial score (nSPS) is 19.6. The van der Waals surface area contributed by atoms with Gasteiger partial charge in [-0.2, -0.15) is 8.78 Å². The predicted octanol–water partition coefficient (Wildman–Crippen LogP) is 2.76. The van der Waals surface area contributed by atoms with Crippen LogP contribution < -0.4 is 20.9 Å². The Kier molecular flexibility index (Phi) is 7.52. The summed E-state index contributed by atoms with van der Waals surface area (Å²) >= 11 is 0. The number of halogens is 2. The summed E-state index contributed by atoms with van der Waals surface area (Å²) in [5, 5.41) is 12.1. The van der Waals surface area contributed by atoms with E-state index in [-0.39, 0.29) is 11.7 Å². The van der Waals surface area contributed by atoms with Crippen LogP contribution in [-0.2, 0) is 0 Å². The Morgan fingerprint density at radius 3 is 2.77 bits per heavy atom. The number of nitrogens with one attached hydrogen (secondary N) is 4. The Labute approximate surface area is 149 Å². The molecule has 10 heteroatoms. The van der Waals surface area contributed by atoms with Gasteiger partial charge in [0.1, 0.15) is 11.6 Å². The van der Waals surface area contributed by atoms with E-state index < -0.39 is 12.2 Å². The first-order valence-electron chi connectivity index (χ1n) is 8.54. The first kappa shape index (κ1) is 19.8. The molecule has 3 heterocycles. The van der Waals surface area contributed by atoms with Crippen LogP contribution in [0.3, 0.4) is 0 Å². The van der Waals surface area contributed by atoms with Gasteiger partial charge in [-0.15, -0.1) is 5.10 Å². The molecule has 144 valence electrons. The van der Waals surface area contributed by atoms with Gasteiger partial charge in [-0.05, 0) is 26.2 Å².